The molecule has 0 spiro atoms. The Labute approximate surface area is 240 Å². The molecule has 0 bridgehead atoms. The van der Waals surface area contributed by atoms with E-state index in [1.165, 1.54) is 17.0 Å². The number of carbonyl (C=O) groups is 2. The van der Waals surface area contributed by atoms with Crippen molar-refractivity contribution in [2.75, 3.05) is 10.8 Å². The Morgan fingerprint density at radius 1 is 0.949 bits per heavy atom. The van der Waals surface area contributed by atoms with Crippen LogP contribution in [-0.4, -0.2) is 43.8 Å². The van der Waals surface area contributed by atoms with Crippen LogP contribution in [0.25, 0.3) is 0 Å². The Balaban J connectivity index is 2.07. The van der Waals surface area contributed by atoms with Gasteiger partial charge < -0.3 is 10.2 Å². The third-order valence-corrected chi connectivity index (χ3v) is 8.48. The van der Waals surface area contributed by atoms with E-state index in [0.717, 1.165) is 9.87 Å². The van der Waals surface area contributed by atoms with Crippen molar-refractivity contribution in [1.29, 1.82) is 0 Å². The SMILES string of the molecule is CC[C@H](C(=O)NC(C)C)N(Cc1ccc(Cl)cc1Cl)C(=O)CN(c1ccc(C)cc1)S(=O)(=O)c1ccccc1. The van der Waals surface area contributed by atoms with Gasteiger partial charge in [0.2, 0.25) is 11.8 Å². The minimum absolute atomic E-state index is 0.00796. The predicted molar refractivity (Wildman–Crippen MR) is 157 cm³/mol. The summed E-state index contributed by atoms with van der Waals surface area (Å²) in [4.78, 5) is 28.6. The zero-order valence-corrected chi connectivity index (χ0v) is 24.7. The molecule has 1 atom stereocenters. The molecule has 0 saturated heterocycles. The largest absolute Gasteiger partial charge is 0.352 e. The number of benzene rings is 3. The summed E-state index contributed by atoms with van der Waals surface area (Å²) in [5.41, 5.74) is 1.86. The van der Waals surface area contributed by atoms with E-state index in [9.17, 15) is 18.0 Å². The number of sulfonamides is 1. The molecule has 39 heavy (non-hydrogen) atoms. The van der Waals surface area contributed by atoms with Gasteiger partial charge in [0.15, 0.2) is 0 Å². The van der Waals surface area contributed by atoms with Crippen LogP contribution in [0.5, 0.6) is 0 Å². The van der Waals surface area contributed by atoms with Gasteiger partial charge in [-0.1, -0.05) is 72.1 Å². The second-order valence-corrected chi connectivity index (χ2v) is 12.2. The Hall–Kier alpha value is -3.07. The molecule has 3 aromatic carbocycles. The fourth-order valence-corrected chi connectivity index (χ4v) is 6.00. The summed E-state index contributed by atoms with van der Waals surface area (Å²) in [6.45, 7) is 6.83. The lowest BCUT2D eigenvalue weighted by Crippen LogP contribution is -2.53. The quantitative estimate of drug-likeness (QED) is 0.305. The van der Waals surface area contributed by atoms with Crippen LogP contribution >= 0.6 is 23.2 Å². The molecule has 2 amide bonds. The van der Waals surface area contributed by atoms with E-state index in [0.29, 0.717) is 27.7 Å². The molecule has 0 aliphatic rings. The minimum atomic E-state index is -4.11. The van der Waals surface area contributed by atoms with Crippen molar-refractivity contribution in [2.24, 2.45) is 0 Å². The summed E-state index contributed by atoms with van der Waals surface area (Å²) in [5, 5.41) is 3.64. The predicted octanol–water partition coefficient (Wildman–Crippen LogP) is 5.83. The lowest BCUT2D eigenvalue weighted by Gasteiger charge is -2.33. The highest BCUT2D eigenvalue weighted by molar-refractivity contribution is 7.92. The highest BCUT2D eigenvalue weighted by atomic mass is 35.5. The summed E-state index contributed by atoms with van der Waals surface area (Å²) in [6, 6.07) is 18.7. The highest BCUT2D eigenvalue weighted by Gasteiger charge is 2.34. The van der Waals surface area contributed by atoms with E-state index in [2.05, 4.69) is 5.32 Å². The van der Waals surface area contributed by atoms with E-state index in [-0.39, 0.29) is 23.4 Å². The molecule has 0 aliphatic heterocycles. The molecule has 0 aliphatic carbocycles. The van der Waals surface area contributed by atoms with E-state index in [1.54, 1.807) is 67.6 Å². The average molecular weight is 591 g/mol. The number of nitrogens with zero attached hydrogens (tertiary/aromatic N) is 2. The number of nitrogens with one attached hydrogen (secondary N) is 1. The van der Waals surface area contributed by atoms with Crippen LogP contribution < -0.4 is 9.62 Å². The van der Waals surface area contributed by atoms with Crippen molar-refractivity contribution in [1.82, 2.24) is 10.2 Å². The van der Waals surface area contributed by atoms with Gasteiger partial charge in [-0.25, -0.2) is 8.42 Å². The molecule has 3 rings (SSSR count). The number of rotatable bonds is 11. The lowest BCUT2D eigenvalue weighted by atomic mass is 10.1. The Morgan fingerprint density at radius 2 is 1.59 bits per heavy atom. The number of halogens is 2. The fourth-order valence-electron chi connectivity index (χ4n) is 4.09. The standard InChI is InChI=1S/C29H33Cl2N3O4S/c1-5-27(29(36)32-20(2)3)33(18-22-13-14-23(30)17-26(22)31)28(35)19-34(24-15-11-21(4)12-16-24)39(37,38)25-9-7-6-8-10-25/h6-17,20,27H,5,18-19H2,1-4H3,(H,32,36)/t27-/m1/s1. The van der Waals surface area contributed by atoms with Gasteiger partial charge in [-0.2, -0.15) is 0 Å². The van der Waals surface area contributed by atoms with Gasteiger partial charge >= 0.3 is 0 Å². The molecule has 0 heterocycles. The first kappa shape index (κ1) is 30.5. The van der Waals surface area contributed by atoms with Crippen LogP contribution in [0.4, 0.5) is 5.69 Å². The smallest absolute Gasteiger partial charge is 0.264 e. The number of anilines is 1. The van der Waals surface area contributed by atoms with Crippen LogP contribution in [0.1, 0.15) is 38.3 Å². The molecular formula is C29H33Cl2N3O4S. The van der Waals surface area contributed by atoms with Crippen molar-refractivity contribution in [3.63, 3.8) is 0 Å². The number of aryl methyl sites for hydroxylation is 1. The van der Waals surface area contributed by atoms with Gasteiger partial charge in [-0.15, -0.1) is 0 Å². The molecule has 0 saturated carbocycles. The first-order valence-corrected chi connectivity index (χ1v) is 14.8. The van der Waals surface area contributed by atoms with Crippen LogP contribution in [0, 0.1) is 6.92 Å². The summed E-state index contributed by atoms with van der Waals surface area (Å²) < 4.78 is 28.6. The summed E-state index contributed by atoms with van der Waals surface area (Å²) in [7, 11) is -4.11. The van der Waals surface area contributed by atoms with E-state index in [4.69, 9.17) is 23.2 Å². The second kappa shape index (κ2) is 13.3. The molecule has 1 N–H and O–H groups in total. The Kier molecular flexibility index (Phi) is 10.4. The maximum Gasteiger partial charge on any atom is 0.264 e. The molecule has 0 aromatic heterocycles. The van der Waals surface area contributed by atoms with Gasteiger partial charge in [0.05, 0.1) is 10.6 Å². The summed E-state index contributed by atoms with van der Waals surface area (Å²) in [5.74, 6) is -0.884. The molecular weight excluding hydrogens is 557 g/mol. The molecule has 10 heteroatoms. The van der Waals surface area contributed by atoms with Crippen molar-refractivity contribution in [2.45, 2.75) is 57.6 Å². The second-order valence-electron chi connectivity index (χ2n) is 9.50. The summed E-state index contributed by atoms with van der Waals surface area (Å²) >= 11 is 12.5. The highest BCUT2D eigenvalue weighted by Crippen LogP contribution is 2.27. The normalized spacial score (nSPS) is 12.2. The molecule has 3 aromatic rings. The fraction of sp³-hybridized carbons (Fsp3) is 0.310. The number of hydrogen-bond donors (Lipinski definition) is 1. The maximum atomic E-state index is 14.0. The van der Waals surface area contributed by atoms with Crippen molar-refractivity contribution >= 4 is 50.7 Å². The molecule has 0 unspecified atom stereocenters. The maximum absolute atomic E-state index is 14.0. The minimum Gasteiger partial charge on any atom is -0.352 e. The number of hydrogen-bond acceptors (Lipinski definition) is 4. The average Bonchev–Trinajstić information content (AvgIpc) is 2.89. The monoisotopic (exact) mass is 589 g/mol. The van der Waals surface area contributed by atoms with E-state index < -0.39 is 28.5 Å². The summed E-state index contributed by atoms with van der Waals surface area (Å²) in [6.07, 6.45) is 0.311. The van der Waals surface area contributed by atoms with Crippen LogP contribution in [0.2, 0.25) is 10.0 Å². The lowest BCUT2D eigenvalue weighted by molar-refractivity contribution is -0.140. The first-order chi connectivity index (χ1) is 18.4. The third kappa shape index (κ3) is 7.75. The number of amides is 2. The van der Waals surface area contributed by atoms with Crippen LogP contribution in [0.15, 0.2) is 77.7 Å². The van der Waals surface area contributed by atoms with Crippen LogP contribution in [0.3, 0.4) is 0 Å². The molecule has 0 radical (unpaired) electrons. The molecule has 7 nitrogen and oxygen atoms in total. The van der Waals surface area contributed by atoms with Crippen molar-refractivity contribution in [3.8, 4) is 0 Å². The first-order valence-electron chi connectivity index (χ1n) is 12.6. The number of carbonyl (C=O) groups excluding carboxylic acids is 2. The zero-order valence-electron chi connectivity index (χ0n) is 22.4. The Bertz CT molecular complexity index is 1400. The van der Waals surface area contributed by atoms with Crippen molar-refractivity contribution < 1.29 is 18.0 Å². The van der Waals surface area contributed by atoms with E-state index in [1.807, 2.05) is 20.8 Å². The van der Waals surface area contributed by atoms with Gasteiger partial charge in [0.1, 0.15) is 12.6 Å². The van der Waals surface area contributed by atoms with Gasteiger partial charge in [-0.05, 0) is 69.2 Å². The van der Waals surface area contributed by atoms with Crippen LogP contribution in [-0.2, 0) is 26.2 Å². The van der Waals surface area contributed by atoms with Crippen molar-refractivity contribution in [3.05, 3.63) is 94.0 Å². The topological polar surface area (TPSA) is 86.8 Å². The molecule has 208 valence electrons. The third-order valence-electron chi connectivity index (χ3n) is 6.10. The van der Waals surface area contributed by atoms with Gasteiger partial charge in [0, 0.05) is 22.6 Å². The zero-order chi connectivity index (χ0) is 28.7. The van der Waals surface area contributed by atoms with E-state index >= 15 is 0 Å². The Morgan fingerprint density at radius 3 is 2.15 bits per heavy atom. The van der Waals surface area contributed by atoms with Gasteiger partial charge in [-0.3, -0.25) is 13.9 Å². The molecule has 0 fully saturated rings. The van der Waals surface area contributed by atoms with Gasteiger partial charge in [0.25, 0.3) is 10.0 Å².